The van der Waals surface area contributed by atoms with Crippen LogP contribution < -0.4 is 5.73 Å². The SMILES string of the molecule is CC1CC(C)CC(OC(CN)c2ccc(Br)s2)C1. The highest BCUT2D eigenvalue weighted by Crippen LogP contribution is 2.35. The van der Waals surface area contributed by atoms with E-state index in [0.717, 1.165) is 15.6 Å². The molecule has 1 heterocycles. The molecule has 1 fully saturated rings. The third kappa shape index (κ3) is 3.80. The molecule has 0 bridgehead atoms. The van der Waals surface area contributed by atoms with E-state index in [2.05, 4.69) is 41.9 Å². The molecule has 1 aromatic rings. The highest BCUT2D eigenvalue weighted by molar-refractivity contribution is 9.11. The van der Waals surface area contributed by atoms with Crippen molar-refractivity contribution in [3.63, 3.8) is 0 Å². The monoisotopic (exact) mass is 331 g/mol. The van der Waals surface area contributed by atoms with Gasteiger partial charge in [-0.3, -0.25) is 0 Å². The van der Waals surface area contributed by atoms with Gasteiger partial charge in [-0.15, -0.1) is 11.3 Å². The van der Waals surface area contributed by atoms with Gasteiger partial charge in [0.15, 0.2) is 0 Å². The third-order valence-electron chi connectivity index (χ3n) is 3.62. The van der Waals surface area contributed by atoms with Crippen molar-refractivity contribution in [3.8, 4) is 0 Å². The average Bonchev–Trinajstić information content (AvgIpc) is 2.71. The first kappa shape index (κ1) is 14.5. The fourth-order valence-electron chi connectivity index (χ4n) is 2.96. The molecule has 3 unspecified atom stereocenters. The molecule has 0 amide bonds. The summed E-state index contributed by atoms with van der Waals surface area (Å²) in [6.45, 7) is 5.21. The minimum atomic E-state index is 0.0591. The molecule has 2 nitrogen and oxygen atoms in total. The topological polar surface area (TPSA) is 35.2 Å². The van der Waals surface area contributed by atoms with E-state index in [4.69, 9.17) is 10.5 Å². The summed E-state index contributed by atoms with van der Waals surface area (Å²) in [4.78, 5) is 1.23. The van der Waals surface area contributed by atoms with Gasteiger partial charge in [0, 0.05) is 11.4 Å². The number of thiophene rings is 1. The average molecular weight is 332 g/mol. The Bertz CT molecular complexity index is 372. The molecule has 1 aliphatic rings. The first-order chi connectivity index (χ1) is 8.58. The van der Waals surface area contributed by atoms with Gasteiger partial charge in [0.1, 0.15) is 6.10 Å². The molecule has 1 saturated carbocycles. The van der Waals surface area contributed by atoms with Crippen LogP contribution in [-0.2, 0) is 4.74 Å². The Morgan fingerprint density at radius 2 is 2.00 bits per heavy atom. The Kier molecular flexibility index (Phi) is 5.24. The van der Waals surface area contributed by atoms with Gasteiger partial charge >= 0.3 is 0 Å². The van der Waals surface area contributed by atoms with Crippen molar-refractivity contribution in [1.29, 1.82) is 0 Å². The van der Waals surface area contributed by atoms with Crippen LogP contribution in [0, 0.1) is 11.8 Å². The second-order valence-corrected chi connectivity index (χ2v) is 8.04. The first-order valence-corrected chi connectivity index (χ1v) is 8.30. The Morgan fingerprint density at radius 3 is 2.50 bits per heavy atom. The van der Waals surface area contributed by atoms with E-state index in [1.165, 1.54) is 24.1 Å². The second-order valence-electron chi connectivity index (χ2n) is 5.54. The van der Waals surface area contributed by atoms with E-state index in [0.29, 0.717) is 12.6 Å². The Hall–Kier alpha value is 0.1000. The lowest BCUT2D eigenvalue weighted by Gasteiger charge is -2.33. The van der Waals surface area contributed by atoms with E-state index in [9.17, 15) is 0 Å². The summed E-state index contributed by atoms with van der Waals surface area (Å²) in [5, 5.41) is 0. The summed E-state index contributed by atoms with van der Waals surface area (Å²) in [6, 6.07) is 4.18. The van der Waals surface area contributed by atoms with E-state index in [1.807, 2.05) is 0 Å². The van der Waals surface area contributed by atoms with Crippen LogP contribution in [0.2, 0.25) is 0 Å². The molecular weight excluding hydrogens is 310 g/mol. The van der Waals surface area contributed by atoms with Gasteiger partial charge < -0.3 is 10.5 Å². The second kappa shape index (κ2) is 6.51. The maximum Gasteiger partial charge on any atom is 0.104 e. The van der Waals surface area contributed by atoms with Crippen molar-refractivity contribution in [1.82, 2.24) is 0 Å². The van der Waals surface area contributed by atoms with Crippen LogP contribution in [0.3, 0.4) is 0 Å². The van der Waals surface area contributed by atoms with E-state index in [-0.39, 0.29) is 6.10 Å². The van der Waals surface area contributed by atoms with Crippen molar-refractivity contribution < 1.29 is 4.74 Å². The zero-order valence-corrected chi connectivity index (χ0v) is 13.5. The van der Waals surface area contributed by atoms with Gasteiger partial charge in [0.05, 0.1) is 9.89 Å². The van der Waals surface area contributed by atoms with Crippen molar-refractivity contribution in [2.24, 2.45) is 17.6 Å². The van der Waals surface area contributed by atoms with E-state index < -0.39 is 0 Å². The van der Waals surface area contributed by atoms with Gasteiger partial charge in [-0.2, -0.15) is 0 Å². The molecular formula is C14H22BrNOS. The third-order valence-corrected chi connectivity index (χ3v) is 5.33. The van der Waals surface area contributed by atoms with Crippen molar-refractivity contribution in [2.75, 3.05) is 6.54 Å². The van der Waals surface area contributed by atoms with Crippen LogP contribution in [0.15, 0.2) is 15.9 Å². The molecule has 3 atom stereocenters. The number of nitrogens with two attached hydrogens (primary N) is 1. The lowest BCUT2D eigenvalue weighted by Crippen LogP contribution is -2.29. The normalized spacial score (nSPS) is 30.3. The minimum Gasteiger partial charge on any atom is -0.368 e. The molecule has 0 aliphatic heterocycles. The number of rotatable bonds is 4. The minimum absolute atomic E-state index is 0.0591. The van der Waals surface area contributed by atoms with Crippen LogP contribution in [-0.4, -0.2) is 12.6 Å². The van der Waals surface area contributed by atoms with Gasteiger partial charge in [0.25, 0.3) is 0 Å². The van der Waals surface area contributed by atoms with Crippen LogP contribution in [0.4, 0.5) is 0 Å². The zero-order valence-electron chi connectivity index (χ0n) is 11.1. The molecule has 2 rings (SSSR count). The summed E-state index contributed by atoms with van der Waals surface area (Å²) in [5.41, 5.74) is 5.87. The van der Waals surface area contributed by atoms with Crippen LogP contribution in [0.1, 0.15) is 44.1 Å². The lowest BCUT2D eigenvalue weighted by molar-refractivity contribution is -0.0451. The quantitative estimate of drug-likeness (QED) is 0.889. The van der Waals surface area contributed by atoms with Gasteiger partial charge in [-0.25, -0.2) is 0 Å². The Balaban J connectivity index is 1.97. The fourth-order valence-corrected chi connectivity index (χ4v) is 4.43. The standard InChI is InChI=1S/C14H22BrNOS/c1-9-5-10(2)7-11(6-9)17-12(8-16)13-3-4-14(15)18-13/h3-4,9-12H,5-8,16H2,1-2H3. The van der Waals surface area contributed by atoms with Crippen LogP contribution in [0.5, 0.6) is 0 Å². The van der Waals surface area contributed by atoms with Crippen LogP contribution in [0.25, 0.3) is 0 Å². The number of halogens is 1. The highest BCUT2D eigenvalue weighted by atomic mass is 79.9. The summed E-state index contributed by atoms with van der Waals surface area (Å²) in [6.07, 6.45) is 4.11. The van der Waals surface area contributed by atoms with Gasteiger partial charge in [-0.05, 0) is 59.2 Å². The Labute approximate surface area is 122 Å². The van der Waals surface area contributed by atoms with Gasteiger partial charge in [-0.1, -0.05) is 13.8 Å². The molecule has 0 radical (unpaired) electrons. The van der Waals surface area contributed by atoms with Crippen molar-refractivity contribution in [2.45, 2.75) is 45.3 Å². The fraction of sp³-hybridized carbons (Fsp3) is 0.714. The molecule has 0 saturated heterocycles. The van der Waals surface area contributed by atoms with Crippen molar-refractivity contribution in [3.05, 3.63) is 20.8 Å². The number of hydrogen-bond acceptors (Lipinski definition) is 3. The Morgan fingerprint density at radius 1 is 1.33 bits per heavy atom. The van der Waals surface area contributed by atoms with Crippen molar-refractivity contribution >= 4 is 27.3 Å². The summed E-state index contributed by atoms with van der Waals surface area (Å²) in [5.74, 6) is 1.54. The molecule has 1 aromatic heterocycles. The highest BCUT2D eigenvalue weighted by Gasteiger charge is 2.27. The lowest BCUT2D eigenvalue weighted by atomic mass is 9.81. The molecule has 2 N–H and O–H groups in total. The molecule has 4 heteroatoms. The van der Waals surface area contributed by atoms with Gasteiger partial charge in [0.2, 0.25) is 0 Å². The number of hydrogen-bond donors (Lipinski definition) is 1. The maximum absolute atomic E-state index is 6.25. The van der Waals surface area contributed by atoms with Crippen LogP contribution >= 0.6 is 27.3 Å². The largest absolute Gasteiger partial charge is 0.368 e. The smallest absolute Gasteiger partial charge is 0.104 e. The molecule has 0 spiro atoms. The molecule has 1 aliphatic carbocycles. The summed E-state index contributed by atoms with van der Waals surface area (Å²) < 4.78 is 7.39. The first-order valence-electron chi connectivity index (χ1n) is 6.69. The summed E-state index contributed by atoms with van der Waals surface area (Å²) in [7, 11) is 0. The maximum atomic E-state index is 6.25. The predicted molar refractivity (Wildman–Crippen MR) is 80.9 cm³/mol. The zero-order chi connectivity index (χ0) is 13.1. The van der Waals surface area contributed by atoms with E-state index in [1.54, 1.807) is 11.3 Å². The predicted octanol–water partition coefficient (Wildman–Crippen LogP) is 4.35. The summed E-state index contributed by atoms with van der Waals surface area (Å²) >= 11 is 5.22. The molecule has 18 heavy (non-hydrogen) atoms. The molecule has 102 valence electrons. The number of ether oxygens (including phenoxy) is 1. The molecule has 0 aromatic carbocycles. The van der Waals surface area contributed by atoms with E-state index >= 15 is 0 Å².